The van der Waals surface area contributed by atoms with Crippen LogP contribution in [0.1, 0.15) is 21.8 Å². The van der Waals surface area contributed by atoms with Crippen molar-refractivity contribution in [3.05, 3.63) is 68.7 Å². The van der Waals surface area contributed by atoms with Crippen LogP contribution in [0.5, 0.6) is 0 Å². The molecular formula is C15H8Cl3NO. The standard InChI is InChI=1S/C15H8Cl3NO/c16-10-3-1-2-9(6-10)15(20)13(8-19)12-5-4-11(17)7-14(12)18/h1-7,13H. The summed E-state index contributed by atoms with van der Waals surface area (Å²) < 4.78 is 0. The number of rotatable bonds is 3. The van der Waals surface area contributed by atoms with Crippen molar-refractivity contribution in [2.45, 2.75) is 5.92 Å². The van der Waals surface area contributed by atoms with Crippen LogP contribution in [0.25, 0.3) is 0 Å². The van der Waals surface area contributed by atoms with Gasteiger partial charge in [0.15, 0.2) is 5.78 Å². The number of carbonyl (C=O) groups is 1. The third-order valence-electron chi connectivity index (χ3n) is 2.77. The summed E-state index contributed by atoms with van der Waals surface area (Å²) in [4.78, 5) is 12.4. The summed E-state index contributed by atoms with van der Waals surface area (Å²) in [5.41, 5.74) is 0.804. The minimum absolute atomic E-state index is 0.291. The van der Waals surface area contributed by atoms with Gasteiger partial charge >= 0.3 is 0 Å². The van der Waals surface area contributed by atoms with Gasteiger partial charge in [0.25, 0.3) is 0 Å². The van der Waals surface area contributed by atoms with Crippen LogP contribution in [0.2, 0.25) is 15.1 Å². The van der Waals surface area contributed by atoms with Crippen LogP contribution in [0, 0.1) is 11.3 Å². The molecule has 1 unspecified atom stereocenters. The first-order chi connectivity index (χ1) is 9.52. The van der Waals surface area contributed by atoms with Crippen LogP contribution >= 0.6 is 34.8 Å². The molecule has 0 saturated heterocycles. The van der Waals surface area contributed by atoms with E-state index in [4.69, 9.17) is 34.8 Å². The molecule has 2 rings (SSSR count). The largest absolute Gasteiger partial charge is 0.292 e. The van der Waals surface area contributed by atoms with Gasteiger partial charge in [-0.05, 0) is 29.8 Å². The third-order valence-corrected chi connectivity index (χ3v) is 3.57. The van der Waals surface area contributed by atoms with Crippen LogP contribution in [0.3, 0.4) is 0 Å². The molecule has 0 saturated carbocycles. The predicted molar refractivity (Wildman–Crippen MR) is 80.6 cm³/mol. The number of hydrogen-bond acceptors (Lipinski definition) is 2. The summed E-state index contributed by atoms with van der Waals surface area (Å²) in [7, 11) is 0. The molecule has 0 N–H and O–H groups in total. The third kappa shape index (κ3) is 3.13. The Bertz CT molecular complexity index is 707. The molecule has 0 heterocycles. The van der Waals surface area contributed by atoms with E-state index in [1.54, 1.807) is 30.3 Å². The van der Waals surface area contributed by atoms with Crippen molar-refractivity contribution in [3.8, 4) is 6.07 Å². The van der Waals surface area contributed by atoms with Crippen molar-refractivity contribution in [2.75, 3.05) is 0 Å². The van der Waals surface area contributed by atoms with Crippen molar-refractivity contribution < 1.29 is 4.79 Å². The van der Waals surface area contributed by atoms with Crippen LogP contribution in [-0.4, -0.2) is 5.78 Å². The lowest BCUT2D eigenvalue weighted by Crippen LogP contribution is -2.11. The summed E-state index contributed by atoms with van der Waals surface area (Å²) >= 11 is 17.7. The highest BCUT2D eigenvalue weighted by Crippen LogP contribution is 2.30. The van der Waals surface area contributed by atoms with Crippen molar-refractivity contribution in [1.29, 1.82) is 5.26 Å². The number of ketones is 1. The highest BCUT2D eigenvalue weighted by Gasteiger charge is 2.24. The molecule has 0 aliphatic carbocycles. The molecule has 0 amide bonds. The van der Waals surface area contributed by atoms with Crippen LogP contribution in [0.15, 0.2) is 42.5 Å². The number of halogens is 3. The Morgan fingerprint density at radius 1 is 1.05 bits per heavy atom. The lowest BCUT2D eigenvalue weighted by Gasteiger charge is -2.11. The highest BCUT2D eigenvalue weighted by molar-refractivity contribution is 6.35. The number of nitrogens with zero attached hydrogens (tertiary/aromatic N) is 1. The van der Waals surface area contributed by atoms with E-state index >= 15 is 0 Å². The average Bonchev–Trinajstić information content (AvgIpc) is 2.41. The zero-order valence-corrected chi connectivity index (χ0v) is 12.4. The van der Waals surface area contributed by atoms with E-state index in [-0.39, 0.29) is 5.78 Å². The number of hydrogen-bond donors (Lipinski definition) is 0. The van der Waals surface area contributed by atoms with E-state index in [1.807, 2.05) is 6.07 Å². The Hall–Kier alpha value is -1.53. The van der Waals surface area contributed by atoms with Gasteiger partial charge in [0.1, 0.15) is 5.92 Å². The van der Waals surface area contributed by atoms with Gasteiger partial charge in [0.05, 0.1) is 6.07 Å². The Morgan fingerprint density at radius 2 is 1.75 bits per heavy atom. The number of Topliss-reactive ketones (excluding diaryl/α,β-unsaturated/α-hetero) is 1. The minimum atomic E-state index is -0.988. The molecule has 2 nitrogen and oxygen atoms in total. The van der Waals surface area contributed by atoms with Gasteiger partial charge in [-0.2, -0.15) is 5.26 Å². The normalized spacial score (nSPS) is 11.7. The Kier molecular flexibility index (Phi) is 4.67. The summed E-state index contributed by atoms with van der Waals surface area (Å²) in [6, 6.07) is 13.1. The monoisotopic (exact) mass is 323 g/mol. The molecule has 0 spiro atoms. The first kappa shape index (κ1) is 14.9. The van der Waals surface area contributed by atoms with Gasteiger partial charge < -0.3 is 0 Å². The van der Waals surface area contributed by atoms with Gasteiger partial charge in [-0.3, -0.25) is 4.79 Å². The zero-order valence-electron chi connectivity index (χ0n) is 10.1. The smallest absolute Gasteiger partial charge is 0.184 e. The van der Waals surface area contributed by atoms with E-state index in [0.29, 0.717) is 26.2 Å². The molecule has 0 radical (unpaired) electrons. The first-order valence-electron chi connectivity index (χ1n) is 5.67. The molecule has 1 atom stereocenters. The maximum Gasteiger partial charge on any atom is 0.184 e. The van der Waals surface area contributed by atoms with E-state index < -0.39 is 5.92 Å². The van der Waals surface area contributed by atoms with E-state index in [1.165, 1.54) is 12.1 Å². The zero-order chi connectivity index (χ0) is 14.7. The molecule has 5 heteroatoms. The molecule has 2 aromatic carbocycles. The topological polar surface area (TPSA) is 40.9 Å². The summed E-state index contributed by atoms with van der Waals surface area (Å²) in [6.07, 6.45) is 0. The van der Waals surface area contributed by atoms with E-state index in [2.05, 4.69) is 0 Å². The Morgan fingerprint density at radius 3 is 2.35 bits per heavy atom. The lowest BCUT2D eigenvalue weighted by atomic mass is 9.92. The van der Waals surface area contributed by atoms with Crippen LogP contribution in [-0.2, 0) is 0 Å². The number of nitriles is 1. The quantitative estimate of drug-likeness (QED) is 0.734. The van der Waals surface area contributed by atoms with Gasteiger partial charge in [-0.15, -0.1) is 0 Å². The second kappa shape index (κ2) is 6.28. The van der Waals surface area contributed by atoms with E-state index in [0.717, 1.165) is 0 Å². The van der Waals surface area contributed by atoms with E-state index in [9.17, 15) is 10.1 Å². The maximum absolute atomic E-state index is 12.4. The fraction of sp³-hybridized carbons (Fsp3) is 0.0667. The fourth-order valence-corrected chi connectivity index (χ4v) is 2.52. The number of carbonyl (C=O) groups excluding carboxylic acids is 1. The van der Waals surface area contributed by atoms with Gasteiger partial charge in [0.2, 0.25) is 0 Å². The Labute approximate surface area is 131 Å². The van der Waals surface area contributed by atoms with Gasteiger partial charge in [0, 0.05) is 20.6 Å². The summed E-state index contributed by atoms with van der Waals surface area (Å²) in [5, 5.41) is 10.5. The molecule has 100 valence electrons. The molecule has 0 bridgehead atoms. The number of benzene rings is 2. The van der Waals surface area contributed by atoms with Crippen molar-refractivity contribution in [3.63, 3.8) is 0 Å². The SMILES string of the molecule is N#CC(C(=O)c1cccc(Cl)c1)c1ccc(Cl)cc1Cl. The molecule has 0 aromatic heterocycles. The second-order valence-electron chi connectivity index (χ2n) is 4.10. The fourth-order valence-electron chi connectivity index (χ4n) is 1.81. The minimum Gasteiger partial charge on any atom is -0.292 e. The molecule has 2 aromatic rings. The molecular weight excluding hydrogens is 317 g/mol. The summed E-state index contributed by atoms with van der Waals surface area (Å²) in [6.45, 7) is 0. The Balaban J connectivity index is 2.43. The summed E-state index contributed by atoms with van der Waals surface area (Å²) in [5.74, 6) is -1.34. The molecule has 0 fully saturated rings. The molecule has 0 aliphatic heterocycles. The highest BCUT2D eigenvalue weighted by atomic mass is 35.5. The first-order valence-corrected chi connectivity index (χ1v) is 6.80. The van der Waals surface area contributed by atoms with Crippen molar-refractivity contribution in [1.82, 2.24) is 0 Å². The average molecular weight is 325 g/mol. The van der Waals surface area contributed by atoms with Crippen LogP contribution < -0.4 is 0 Å². The van der Waals surface area contributed by atoms with Crippen molar-refractivity contribution >= 4 is 40.6 Å². The van der Waals surface area contributed by atoms with Gasteiger partial charge in [-0.25, -0.2) is 0 Å². The second-order valence-corrected chi connectivity index (χ2v) is 5.38. The van der Waals surface area contributed by atoms with Gasteiger partial charge in [-0.1, -0.05) is 53.0 Å². The lowest BCUT2D eigenvalue weighted by molar-refractivity contribution is 0.0979. The predicted octanol–water partition coefficient (Wildman–Crippen LogP) is 5.14. The molecule has 0 aliphatic rings. The van der Waals surface area contributed by atoms with Crippen LogP contribution in [0.4, 0.5) is 0 Å². The molecule has 20 heavy (non-hydrogen) atoms. The maximum atomic E-state index is 12.4. The van der Waals surface area contributed by atoms with Crippen molar-refractivity contribution in [2.24, 2.45) is 0 Å².